The molecule has 1 aromatic carbocycles. The van der Waals surface area contributed by atoms with Crippen molar-refractivity contribution in [2.75, 3.05) is 50.4 Å². The van der Waals surface area contributed by atoms with Gasteiger partial charge in [0.05, 0.1) is 23.8 Å². The fourth-order valence-corrected chi connectivity index (χ4v) is 3.91. The standard InChI is InChI=1S/C23H26ClN5O2/c24-18-14-20(23(28-15-18)27-7-8-29-9-11-31-12-10-29)21(30)4-2-16-1-3-19-17(13-16)5-6-26-22(19)25/h1,3,5-6,13-15H,2,4,7-12H2,(H2,25,26)(H,27,28). The number of anilines is 2. The number of ether oxygens (including phenoxy) is 1. The van der Waals surface area contributed by atoms with Gasteiger partial charge in [0.15, 0.2) is 5.78 Å². The second-order valence-electron chi connectivity index (χ2n) is 7.61. The number of fused-ring (bicyclic) bond motifs is 1. The van der Waals surface area contributed by atoms with Gasteiger partial charge in [-0.3, -0.25) is 9.69 Å². The Bertz CT molecular complexity index is 1070. The zero-order valence-electron chi connectivity index (χ0n) is 17.3. The smallest absolute Gasteiger partial charge is 0.166 e. The van der Waals surface area contributed by atoms with E-state index in [-0.39, 0.29) is 5.78 Å². The van der Waals surface area contributed by atoms with Gasteiger partial charge in [0.25, 0.3) is 0 Å². The van der Waals surface area contributed by atoms with Gasteiger partial charge < -0.3 is 15.8 Å². The van der Waals surface area contributed by atoms with E-state index < -0.39 is 0 Å². The van der Waals surface area contributed by atoms with Crippen molar-refractivity contribution in [3.8, 4) is 0 Å². The van der Waals surface area contributed by atoms with Crippen molar-refractivity contribution in [3.63, 3.8) is 0 Å². The minimum absolute atomic E-state index is 0.0122. The van der Waals surface area contributed by atoms with E-state index in [0.29, 0.717) is 41.6 Å². The van der Waals surface area contributed by atoms with Crippen LogP contribution in [-0.4, -0.2) is 60.0 Å². The number of pyridine rings is 2. The summed E-state index contributed by atoms with van der Waals surface area (Å²) in [5, 5.41) is 5.70. The van der Waals surface area contributed by atoms with Crippen LogP contribution in [0.4, 0.5) is 11.6 Å². The zero-order chi connectivity index (χ0) is 21.6. The molecule has 0 spiro atoms. The fourth-order valence-electron chi connectivity index (χ4n) is 3.75. The summed E-state index contributed by atoms with van der Waals surface area (Å²) in [6.45, 7) is 4.96. The number of ketones is 1. The summed E-state index contributed by atoms with van der Waals surface area (Å²) in [4.78, 5) is 23.8. The first kappa shape index (κ1) is 21.5. The number of carbonyl (C=O) groups is 1. The second kappa shape index (κ2) is 10.0. The van der Waals surface area contributed by atoms with Gasteiger partial charge in [-0.05, 0) is 29.5 Å². The predicted octanol–water partition coefficient (Wildman–Crippen LogP) is 3.43. The quantitative estimate of drug-likeness (QED) is 0.519. The van der Waals surface area contributed by atoms with E-state index in [2.05, 4.69) is 26.3 Å². The van der Waals surface area contributed by atoms with Crippen molar-refractivity contribution in [3.05, 3.63) is 58.9 Å². The third kappa shape index (κ3) is 5.50. The predicted molar refractivity (Wildman–Crippen MR) is 124 cm³/mol. The summed E-state index contributed by atoms with van der Waals surface area (Å²) in [6, 6.07) is 9.62. The Hall–Kier alpha value is -2.74. The highest BCUT2D eigenvalue weighted by molar-refractivity contribution is 6.31. The maximum Gasteiger partial charge on any atom is 0.166 e. The van der Waals surface area contributed by atoms with Crippen LogP contribution in [0.2, 0.25) is 5.02 Å². The molecule has 2 aromatic heterocycles. The maximum absolute atomic E-state index is 13.0. The Morgan fingerprint density at radius 3 is 2.87 bits per heavy atom. The molecular formula is C23H26ClN5O2. The average Bonchev–Trinajstić information content (AvgIpc) is 2.79. The van der Waals surface area contributed by atoms with Crippen LogP contribution in [0, 0.1) is 0 Å². The number of Topliss-reactive ketones (excluding diaryl/α,β-unsaturated/α-hetero) is 1. The molecule has 1 aliphatic heterocycles. The second-order valence-corrected chi connectivity index (χ2v) is 8.04. The number of nitrogens with two attached hydrogens (primary N) is 1. The number of hydrogen-bond donors (Lipinski definition) is 2. The summed E-state index contributed by atoms with van der Waals surface area (Å²) < 4.78 is 5.38. The third-order valence-electron chi connectivity index (χ3n) is 5.48. The molecule has 8 heteroatoms. The number of hydrogen-bond acceptors (Lipinski definition) is 7. The van der Waals surface area contributed by atoms with Gasteiger partial charge in [0.1, 0.15) is 11.6 Å². The number of carbonyl (C=O) groups excluding carboxylic acids is 1. The zero-order valence-corrected chi connectivity index (χ0v) is 18.1. The number of nitrogens with one attached hydrogen (secondary N) is 1. The first-order valence-corrected chi connectivity index (χ1v) is 10.8. The minimum Gasteiger partial charge on any atom is -0.383 e. The summed E-state index contributed by atoms with van der Waals surface area (Å²) in [7, 11) is 0. The summed E-state index contributed by atoms with van der Waals surface area (Å²) in [6.07, 6.45) is 4.25. The van der Waals surface area contributed by atoms with Crippen LogP contribution in [0.1, 0.15) is 22.3 Å². The van der Waals surface area contributed by atoms with E-state index in [9.17, 15) is 4.79 Å². The number of morpholine rings is 1. The lowest BCUT2D eigenvalue weighted by Crippen LogP contribution is -2.39. The number of nitrogen functional groups attached to an aromatic ring is 1. The van der Waals surface area contributed by atoms with E-state index in [1.54, 1.807) is 18.5 Å². The monoisotopic (exact) mass is 439 g/mol. The number of aromatic nitrogens is 2. The lowest BCUT2D eigenvalue weighted by molar-refractivity contribution is 0.0398. The van der Waals surface area contributed by atoms with Gasteiger partial charge in [0, 0.05) is 50.4 Å². The molecule has 0 bridgehead atoms. The fraction of sp³-hybridized carbons (Fsp3) is 0.348. The summed E-state index contributed by atoms with van der Waals surface area (Å²) >= 11 is 6.13. The number of benzene rings is 1. The molecule has 162 valence electrons. The van der Waals surface area contributed by atoms with E-state index in [0.717, 1.165) is 49.2 Å². The van der Waals surface area contributed by atoms with Crippen LogP contribution in [0.15, 0.2) is 42.7 Å². The topological polar surface area (TPSA) is 93.4 Å². The molecule has 7 nitrogen and oxygen atoms in total. The molecule has 0 amide bonds. The van der Waals surface area contributed by atoms with Gasteiger partial charge in [0.2, 0.25) is 0 Å². The Labute approximate surface area is 186 Å². The molecule has 1 fully saturated rings. The van der Waals surface area contributed by atoms with E-state index in [1.165, 1.54) is 0 Å². The van der Waals surface area contributed by atoms with E-state index in [4.69, 9.17) is 22.1 Å². The van der Waals surface area contributed by atoms with Crippen molar-refractivity contribution in [1.82, 2.24) is 14.9 Å². The Morgan fingerprint density at radius 1 is 1.19 bits per heavy atom. The lowest BCUT2D eigenvalue weighted by Gasteiger charge is -2.26. The highest BCUT2D eigenvalue weighted by Gasteiger charge is 2.15. The molecule has 1 saturated heterocycles. The third-order valence-corrected chi connectivity index (χ3v) is 5.69. The average molecular weight is 440 g/mol. The largest absolute Gasteiger partial charge is 0.383 e. The molecule has 0 radical (unpaired) electrons. The Morgan fingerprint density at radius 2 is 2.03 bits per heavy atom. The van der Waals surface area contributed by atoms with E-state index >= 15 is 0 Å². The molecule has 4 rings (SSSR count). The van der Waals surface area contributed by atoms with Crippen molar-refractivity contribution in [2.24, 2.45) is 0 Å². The minimum atomic E-state index is 0.0122. The number of rotatable bonds is 8. The Balaban J connectivity index is 1.40. The van der Waals surface area contributed by atoms with E-state index in [1.807, 2.05) is 18.2 Å². The van der Waals surface area contributed by atoms with Crippen LogP contribution < -0.4 is 11.1 Å². The van der Waals surface area contributed by atoms with Gasteiger partial charge in [-0.1, -0.05) is 29.8 Å². The van der Waals surface area contributed by atoms with Crippen molar-refractivity contribution < 1.29 is 9.53 Å². The van der Waals surface area contributed by atoms with Crippen LogP contribution in [-0.2, 0) is 11.2 Å². The van der Waals surface area contributed by atoms with Crippen LogP contribution in [0.5, 0.6) is 0 Å². The summed E-state index contributed by atoms with van der Waals surface area (Å²) in [5.74, 6) is 1.11. The normalized spacial score (nSPS) is 14.6. The van der Waals surface area contributed by atoms with Gasteiger partial charge in [-0.25, -0.2) is 9.97 Å². The molecule has 1 aliphatic rings. The number of aryl methyl sites for hydroxylation is 1. The lowest BCUT2D eigenvalue weighted by atomic mass is 10.0. The Kier molecular flexibility index (Phi) is 6.96. The molecule has 0 saturated carbocycles. The highest BCUT2D eigenvalue weighted by Crippen LogP contribution is 2.23. The molecule has 0 unspecified atom stereocenters. The van der Waals surface area contributed by atoms with Crippen molar-refractivity contribution in [2.45, 2.75) is 12.8 Å². The molecular weight excluding hydrogens is 414 g/mol. The maximum atomic E-state index is 13.0. The molecule has 3 aromatic rings. The SMILES string of the molecule is Nc1nccc2cc(CCC(=O)c3cc(Cl)cnc3NCCN3CCOCC3)ccc12. The van der Waals surface area contributed by atoms with Crippen LogP contribution in [0.3, 0.4) is 0 Å². The molecule has 0 aliphatic carbocycles. The first-order chi connectivity index (χ1) is 15.1. The van der Waals surface area contributed by atoms with Crippen molar-refractivity contribution >= 4 is 39.8 Å². The number of halogens is 1. The van der Waals surface area contributed by atoms with Gasteiger partial charge in [-0.2, -0.15) is 0 Å². The van der Waals surface area contributed by atoms with Gasteiger partial charge in [-0.15, -0.1) is 0 Å². The number of nitrogens with zero attached hydrogens (tertiary/aromatic N) is 3. The molecule has 31 heavy (non-hydrogen) atoms. The summed E-state index contributed by atoms with van der Waals surface area (Å²) in [5.41, 5.74) is 7.53. The highest BCUT2D eigenvalue weighted by atomic mass is 35.5. The van der Waals surface area contributed by atoms with Crippen LogP contribution in [0.25, 0.3) is 10.8 Å². The van der Waals surface area contributed by atoms with Crippen molar-refractivity contribution in [1.29, 1.82) is 0 Å². The van der Waals surface area contributed by atoms with Gasteiger partial charge >= 0.3 is 0 Å². The first-order valence-electron chi connectivity index (χ1n) is 10.5. The van der Waals surface area contributed by atoms with Crippen LogP contribution >= 0.6 is 11.6 Å². The molecule has 0 atom stereocenters. The molecule has 3 heterocycles. The molecule has 3 N–H and O–H groups in total.